The molecule has 1 aliphatic heterocycles. The second-order valence-corrected chi connectivity index (χ2v) is 7.50. The van der Waals surface area contributed by atoms with Gasteiger partial charge in [-0.05, 0) is 49.2 Å². The second kappa shape index (κ2) is 10.4. The Morgan fingerprint density at radius 1 is 1.03 bits per heavy atom. The van der Waals surface area contributed by atoms with Crippen molar-refractivity contribution in [3.63, 3.8) is 0 Å². The number of aliphatic hydroxyl groups is 1. The number of ether oxygens (including phenoxy) is 1. The molecule has 4 nitrogen and oxygen atoms in total. The van der Waals surface area contributed by atoms with Gasteiger partial charge in [-0.1, -0.05) is 18.2 Å². The first kappa shape index (κ1) is 24.3. The van der Waals surface area contributed by atoms with Gasteiger partial charge >= 0.3 is 6.18 Å². The lowest BCUT2D eigenvalue weighted by molar-refractivity contribution is -0.137. The molecule has 30 heavy (non-hydrogen) atoms. The molecule has 1 unspecified atom stereocenters. The first-order valence-corrected chi connectivity index (χ1v) is 9.75. The Morgan fingerprint density at radius 2 is 1.70 bits per heavy atom. The summed E-state index contributed by atoms with van der Waals surface area (Å²) in [6.45, 7) is 7.28. The maximum atomic E-state index is 12.9. The summed E-state index contributed by atoms with van der Waals surface area (Å²) in [6.07, 6.45) is -4.97. The van der Waals surface area contributed by atoms with Crippen molar-refractivity contribution in [1.29, 1.82) is 0 Å². The summed E-state index contributed by atoms with van der Waals surface area (Å²) in [6, 6.07) is 11.3. The van der Waals surface area contributed by atoms with Crippen LogP contribution in [0, 0.1) is 13.8 Å². The minimum absolute atomic E-state index is 0. The molecular formula is C22H28ClF3N2O2. The lowest BCUT2D eigenvalue weighted by Crippen LogP contribution is -2.49. The third kappa shape index (κ3) is 6.27. The maximum Gasteiger partial charge on any atom is 0.416 e. The summed E-state index contributed by atoms with van der Waals surface area (Å²) in [5.74, 6) is 0.776. The normalized spacial score (nSPS) is 16.1. The van der Waals surface area contributed by atoms with Crippen molar-refractivity contribution in [2.45, 2.75) is 26.1 Å². The number of aryl methyl sites for hydroxylation is 1. The molecule has 0 bridgehead atoms. The van der Waals surface area contributed by atoms with E-state index in [-0.39, 0.29) is 19.0 Å². The van der Waals surface area contributed by atoms with E-state index < -0.39 is 17.8 Å². The van der Waals surface area contributed by atoms with Gasteiger partial charge in [-0.3, -0.25) is 4.90 Å². The highest BCUT2D eigenvalue weighted by Crippen LogP contribution is 2.31. The van der Waals surface area contributed by atoms with Gasteiger partial charge in [0.25, 0.3) is 0 Å². The molecule has 8 heteroatoms. The first-order chi connectivity index (χ1) is 13.7. The Bertz CT molecular complexity index is 824. The molecule has 0 spiro atoms. The van der Waals surface area contributed by atoms with Crippen molar-refractivity contribution in [2.24, 2.45) is 0 Å². The van der Waals surface area contributed by atoms with Gasteiger partial charge in [0.1, 0.15) is 18.5 Å². The minimum atomic E-state index is -4.34. The van der Waals surface area contributed by atoms with Crippen molar-refractivity contribution in [2.75, 3.05) is 44.2 Å². The highest BCUT2D eigenvalue weighted by atomic mass is 35.5. The zero-order chi connectivity index (χ0) is 21.0. The molecule has 2 aromatic rings. The molecule has 166 valence electrons. The number of anilines is 1. The van der Waals surface area contributed by atoms with E-state index >= 15 is 0 Å². The lowest BCUT2D eigenvalue weighted by Gasteiger charge is -2.37. The van der Waals surface area contributed by atoms with Crippen molar-refractivity contribution in [3.8, 4) is 5.75 Å². The maximum absolute atomic E-state index is 12.9. The van der Waals surface area contributed by atoms with Crippen LogP contribution in [0.5, 0.6) is 5.75 Å². The van der Waals surface area contributed by atoms with E-state index in [1.54, 1.807) is 6.07 Å². The van der Waals surface area contributed by atoms with Crippen LogP contribution in [0.25, 0.3) is 0 Å². The van der Waals surface area contributed by atoms with Gasteiger partial charge in [-0.25, -0.2) is 0 Å². The van der Waals surface area contributed by atoms with Crippen LogP contribution in [-0.2, 0) is 6.18 Å². The molecule has 1 heterocycles. The van der Waals surface area contributed by atoms with E-state index in [2.05, 4.69) is 4.90 Å². The number of hydrogen-bond acceptors (Lipinski definition) is 4. The lowest BCUT2D eigenvalue weighted by atomic mass is 10.1. The molecule has 1 N–H and O–H groups in total. The number of rotatable bonds is 6. The summed E-state index contributed by atoms with van der Waals surface area (Å²) in [7, 11) is 0. The second-order valence-electron chi connectivity index (χ2n) is 7.50. The van der Waals surface area contributed by atoms with Crippen LogP contribution in [0.15, 0.2) is 42.5 Å². The zero-order valence-corrected chi connectivity index (χ0v) is 18.0. The summed E-state index contributed by atoms with van der Waals surface area (Å²) in [5.41, 5.74) is 2.16. The number of nitrogens with zero attached hydrogens (tertiary/aromatic N) is 2. The Hall–Kier alpha value is -1.96. The summed E-state index contributed by atoms with van der Waals surface area (Å²) >= 11 is 0. The fraction of sp³-hybridized carbons (Fsp3) is 0.455. The van der Waals surface area contributed by atoms with Crippen LogP contribution >= 0.6 is 12.4 Å². The number of β-amino-alcohol motifs (C(OH)–C–C–N with tert-alkyl or cyclic N) is 1. The quantitative estimate of drug-likeness (QED) is 0.720. The molecule has 0 aromatic heterocycles. The van der Waals surface area contributed by atoms with Crippen LogP contribution in [0.3, 0.4) is 0 Å². The molecule has 1 saturated heterocycles. The van der Waals surface area contributed by atoms with E-state index in [4.69, 9.17) is 4.74 Å². The highest BCUT2D eigenvalue weighted by molar-refractivity contribution is 5.85. The number of alkyl halides is 3. The molecule has 0 aliphatic carbocycles. The fourth-order valence-corrected chi connectivity index (χ4v) is 3.48. The summed E-state index contributed by atoms with van der Waals surface area (Å²) in [5, 5.41) is 10.3. The average molecular weight is 445 g/mol. The van der Waals surface area contributed by atoms with Crippen LogP contribution in [0.2, 0.25) is 0 Å². The number of aliphatic hydroxyl groups excluding tert-OH is 1. The van der Waals surface area contributed by atoms with Crippen molar-refractivity contribution >= 4 is 18.1 Å². The van der Waals surface area contributed by atoms with Gasteiger partial charge in [0.2, 0.25) is 0 Å². The van der Waals surface area contributed by atoms with Crippen molar-refractivity contribution in [1.82, 2.24) is 4.90 Å². The smallest absolute Gasteiger partial charge is 0.416 e. The van der Waals surface area contributed by atoms with Gasteiger partial charge < -0.3 is 14.7 Å². The third-order valence-electron chi connectivity index (χ3n) is 5.37. The number of halogens is 4. The molecule has 0 saturated carbocycles. The number of piperazine rings is 1. The van der Waals surface area contributed by atoms with Crippen molar-refractivity contribution in [3.05, 3.63) is 59.2 Å². The van der Waals surface area contributed by atoms with E-state index in [0.29, 0.717) is 38.4 Å². The topological polar surface area (TPSA) is 35.9 Å². The molecule has 1 aliphatic rings. The number of benzene rings is 2. The van der Waals surface area contributed by atoms with Crippen LogP contribution in [0.4, 0.5) is 18.9 Å². The Kier molecular flexibility index (Phi) is 8.41. The standard InChI is InChI=1S/C22H27F3N2O2.ClH/c1-16-5-3-8-21(17(16)2)29-15-20(28)14-26-9-11-27(12-10-26)19-7-4-6-18(13-19)22(23,24)25;/h3-8,13,20,28H,9-12,14-15H2,1-2H3;1H. The first-order valence-electron chi connectivity index (χ1n) is 9.75. The average Bonchev–Trinajstić information content (AvgIpc) is 2.69. The molecule has 1 atom stereocenters. The molecule has 0 radical (unpaired) electrons. The molecule has 0 amide bonds. The van der Waals surface area contributed by atoms with Crippen molar-refractivity contribution < 1.29 is 23.0 Å². The van der Waals surface area contributed by atoms with Gasteiger partial charge in [0.05, 0.1) is 5.56 Å². The Morgan fingerprint density at radius 3 is 2.37 bits per heavy atom. The third-order valence-corrected chi connectivity index (χ3v) is 5.37. The Balaban J connectivity index is 0.00000320. The van der Waals surface area contributed by atoms with Crippen LogP contribution in [-0.4, -0.2) is 55.4 Å². The summed E-state index contributed by atoms with van der Waals surface area (Å²) < 4.78 is 44.5. The van der Waals surface area contributed by atoms with Crippen LogP contribution < -0.4 is 9.64 Å². The van der Waals surface area contributed by atoms with E-state index in [9.17, 15) is 18.3 Å². The largest absolute Gasteiger partial charge is 0.491 e. The van der Waals surface area contributed by atoms with E-state index in [1.165, 1.54) is 12.1 Å². The SMILES string of the molecule is Cc1cccc(OCC(O)CN2CCN(c3cccc(C(F)(F)F)c3)CC2)c1C.Cl. The van der Waals surface area contributed by atoms with E-state index in [1.807, 2.05) is 36.9 Å². The van der Waals surface area contributed by atoms with Gasteiger partial charge in [-0.15, -0.1) is 12.4 Å². The fourth-order valence-electron chi connectivity index (χ4n) is 3.48. The zero-order valence-electron chi connectivity index (χ0n) is 17.2. The monoisotopic (exact) mass is 444 g/mol. The highest BCUT2D eigenvalue weighted by Gasteiger charge is 2.31. The Labute approximate surface area is 181 Å². The van der Waals surface area contributed by atoms with Gasteiger partial charge in [-0.2, -0.15) is 13.2 Å². The van der Waals surface area contributed by atoms with E-state index in [0.717, 1.165) is 22.9 Å². The summed E-state index contributed by atoms with van der Waals surface area (Å²) in [4.78, 5) is 4.06. The molecule has 2 aromatic carbocycles. The predicted molar refractivity (Wildman–Crippen MR) is 115 cm³/mol. The molecule has 3 rings (SSSR count). The number of hydrogen-bond donors (Lipinski definition) is 1. The van der Waals surface area contributed by atoms with Crippen LogP contribution in [0.1, 0.15) is 16.7 Å². The molecular weight excluding hydrogens is 417 g/mol. The van der Waals surface area contributed by atoms with Gasteiger partial charge in [0, 0.05) is 38.4 Å². The van der Waals surface area contributed by atoms with Gasteiger partial charge in [0.15, 0.2) is 0 Å². The minimum Gasteiger partial charge on any atom is -0.491 e. The predicted octanol–water partition coefficient (Wildman–Crippen LogP) is 4.31. The molecule has 1 fully saturated rings.